The quantitative estimate of drug-likeness (QED) is 0.746. The fraction of sp³-hybridized carbons (Fsp3) is 0.667. The minimum absolute atomic E-state index is 0.183. The summed E-state index contributed by atoms with van der Waals surface area (Å²) in [5, 5.41) is 4.35. The molecule has 0 spiro atoms. The fourth-order valence-corrected chi connectivity index (χ4v) is 2.27. The van der Waals surface area contributed by atoms with E-state index in [-0.39, 0.29) is 5.91 Å². The third kappa shape index (κ3) is 2.85. The molecule has 94 valence electrons. The first-order valence-corrected chi connectivity index (χ1v) is 6.03. The minimum atomic E-state index is 0.183. The van der Waals surface area contributed by atoms with Gasteiger partial charge in [0.25, 0.3) is 0 Å². The average Bonchev–Trinajstić information content (AvgIpc) is 2.58. The van der Waals surface area contributed by atoms with Gasteiger partial charge in [-0.2, -0.15) is 5.10 Å². The molecule has 1 aliphatic heterocycles. The molecule has 2 rings (SSSR count). The van der Waals surface area contributed by atoms with Gasteiger partial charge >= 0.3 is 0 Å². The zero-order chi connectivity index (χ0) is 12.4. The van der Waals surface area contributed by atoms with Crippen LogP contribution in [0.3, 0.4) is 0 Å². The van der Waals surface area contributed by atoms with E-state index in [2.05, 4.69) is 16.2 Å². The maximum Gasteiger partial charge on any atom is 0.219 e. The molecule has 5 nitrogen and oxygen atoms in total. The summed E-state index contributed by atoms with van der Waals surface area (Å²) in [5.41, 5.74) is 2.38. The molecule has 5 heteroatoms. The first-order chi connectivity index (χ1) is 8.06. The van der Waals surface area contributed by atoms with E-state index in [1.54, 1.807) is 6.92 Å². The Hall–Kier alpha value is -1.36. The second kappa shape index (κ2) is 4.87. The summed E-state index contributed by atoms with van der Waals surface area (Å²) in [5.74, 6) is 0.183. The Kier molecular flexibility index (Phi) is 3.47. The fourth-order valence-electron chi connectivity index (χ4n) is 2.27. The smallest absolute Gasteiger partial charge is 0.219 e. The molecule has 1 aromatic heterocycles. The molecule has 1 amide bonds. The summed E-state index contributed by atoms with van der Waals surface area (Å²) < 4.78 is 1.86. The van der Waals surface area contributed by atoms with Crippen LogP contribution in [-0.4, -0.2) is 51.7 Å². The molecule has 0 saturated carbocycles. The molecule has 1 saturated heterocycles. The summed E-state index contributed by atoms with van der Waals surface area (Å²) in [6.45, 7) is 8.21. The summed E-state index contributed by atoms with van der Waals surface area (Å²) in [6, 6.07) is 0. The molecule has 1 aromatic rings. The van der Waals surface area contributed by atoms with Gasteiger partial charge in [0.15, 0.2) is 0 Å². The van der Waals surface area contributed by atoms with Crippen molar-refractivity contribution in [2.45, 2.75) is 20.4 Å². The zero-order valence-electron chi connectivity index (χ0n) is 10.8. The van der Waals surface area contributed by atoms with Gasteiger partial charge in [0.1, 0.15) is 0 Å². The van der Waals surface area contributed by atoms with Crippen molar-refractivity contribution in [2.75, 3.05) is 26.2 Å². The lowest BCUT2D eigenvalue weighted by molar-refractivity contribution is -0.130. The van der Waals surface area contributed by atoms with E-state index in [4.69, 9.17) is 0 Å². The van der Waals surface area contributed by atoms with Crippen molar-refractivity contribution < 1.29 is 4.79 Å². The number of hydrogen-bond acceptors (Lipinski definition) is 3. The summed E-state index contributed by atoms with van der Waals surface area (Å²) in [7, 11) is 1.95. The summed E-state index contributed by atoms with van der Waals surface area (Å²) >= 11 is 0. The van der Waals surface area contributed by atoms with Crippen LogP contribution in [0.4, 0.5) is 0 Å². The molecular weight excluding hydrogens is 216 g/mol. The Morgan fingerprint density at radius 2 is 2.00 bits per heavy atom. The van der Waals surface area contributed by atoms with Crippen molar-refractivity contribution in [3.8, 4) is 0 Å². The maximum absolute atomic E-state index is 11.2. The molecule has 0 aromatic carbocycles. The number of aromatic nitrogens is 2. The number of aryl methyl sites for hydroxylation is 2. The highest BCUT2D eigenvalue weighted by Gasteiger charge is 2.19. The van der Waals surface area contributed by atoms with Gasteiger partial charge in [-0.15, -0.1) is 0 Å². The highest BCUT2D eigenvalue weighted by atomic mass is 16.2. The van der Waals surface area contributed by atoms with Crippen LogP contribution < -0.4 is 0 Å². The predicted molar refractivity (Wildman–Crippen MR) is 65.5 cm³/mol. The van der Waals surface area contributed by atoms with Crippen LogP contribution in [0.25, 0.3) is 0 Å². The molecule has 0 unspecified atom stereocenters. The third-order valence-corrected chi connectivity index (χ3v) is 3.33. The number of rotatable bonds is 2. The largest absolute Gasteiger partial charge is 0.340 e. The van der Waals surface area contributed by atoms with Gasteiger partial charge in [0, 0.05) is 58.5 Å². The van der Waals surface area contributed by atoms with Crippen molar-refractivity contribution in [3.05, 3.63) is 17.5 Å². The Bertz CT molecular complexity index is 405. The predicted octanol–water partition coefficient (Wildman–Crippen LogP) is 0.393. The third-order valence-electron chi connectivity index (χ3n) is 3.33. The van der Waals surface area contributed by atoms with Crippen molar-refractivity contribution >= 4 is 5.91 Å². The lowest BCUT2D eigenvalue weighted by Crippen LogP contribution is -2.47. The standard InChI is InChI=1S/C12H20N4O/c1-10-12(8-14(3)13-10)9-15-4-6-16(7-5-15)11(2)17/h8H,4-7,9H2,1-3H3. The lowest BCUT2D eigenvalue weighted by Gasteiger charge is -2.34. The van der Waals surface area contributed by atoms with Gasteiger partial charge in [-0.25, -0.2) is 0 Å². The molecule has 0 N–H and O–H groups in total. The van der Waals surface area contributed by atoms with Gasteiger partial charge in [-0.1, -0.05) is 0 Å². The molecule has 0 bridgehead atoms. The summed E-state index contributed by atoms with van der Waals surface area (Å²) in [6.07, 6.45) is 2.08. The Morgan fingerprint density at radius 1 is 1.35 bits per heavy atom. The van der Waals surface area contributed by atoms with E-state index in [0.29, 0.717) is 0 Å². The van der Waals surface area contributed by atoms with E-state index in [9.17, 15) is 4.79 Å². The monoisotopic (exact) mass is 236 g/mol. The van der Waals surface area contributed by atoms with Gasteiger partial charge < -0.3 is 4.90 Å². The average molecular weight is 236 g/mol. The highest BCUT2D eigenvalue weighted by molar-refractivity contribution is 5.73. The molecule has 17 heavy (non-hydrogen) atoms. The lowest BCUT2D eigenvalue weighted by atomic mass is 10.2. The number of piperazine rings is 1. The van der Waals surface area contributed by atoms with Gasteiger partial charge in [-0.3, -0.25) is 14.4 Å². The first-order valence-electron chi connectivity index (χ1n) is 6.03. The SMILES string of the molecule is CC(=O)N1CCN(Cc2cn(C)nc2C)CC1. The molecule has 2 heterocycles. The van der Waals surface area contributed by atoms with Crippen LogP contribution in [0.2, 0.25) is 0 Å². The molecule has 0 aliphatic carbocycles. The van der Waals surface area contributed by atoms with Gasteiger partial charge in [0.05, 0.1) is 5.69 Å². The van der Waals surface area contributed by atoms with E-state index >= 15 is 0 Å². The molecule has 1 aliphatic rings. The van der Waals surface area contributed by atoms with Crippen LogP contribution in [0, 0.1) is 6.92 Å². The number of nitrogens with zero attached hydrogens (tertiary/aromatic N) is 4. The number of hydrogen-bond donors (Lipinski definition) is 0. The van der Waals surface area contributed by atoms with Crippen molar-refractivity contribution in [2.24, 2.45) is 7.05 Å². The van der Waals surface area contributed by atoms with Crippen LogP contribution in [0.15, 0.2) is 6.20 Å². The Balaban J connectivity index is 1.90. The maximum atomic E-state index is 11.2. The topological polar surface area (TPSA) is 41.4 Å². The summed E-state index contributed by atoms with van der Waals surface area (Å²) in [4.78, 5) is 15.5. The molecule has 1 fully saturated rings. The second-order valence-corrected chi connectivity index (χ2v) is 4.70. The normalized spacial score (nSPS) is 17.5. The number of carbonyl (C=O) groups excluding carboxylic acids is 1. The molecule has 0 atom stereocenters. The molecular formula is C12H20N4O. The van der Waals surface area contributed by atoms with Gasteiger partial charge in [0.2, 0.25) is 5.91 Å². The first kappa shape index (κ1) is 12.1. The van der Waals surface area contributed by atoms with Crippen LogP contribution in [-0.2, 0) is 18.4 Å². The minimum Gasteiger partial charge on any atom is -0.340 e. The second-order valence-electron chi connectivity index (χ2n) is 4.70. The van der Waals surface area contributed by atoms with Crippen molar-refractivity contribution in [1.29, 1.82) is 0 Å². The zero-order valence-corrected chi connectivity index (χ0v) is 10.8. The van der Waals surface area contributed by atoms with Gasteiger partial charge in [-0.05, 0) is 6.92 Å². The molecule has 0 radical (unpaired) electrons. The van der Waals surface area contributed by atoms with Crippen LogP contribution >= 0.6 is 0 Å². The van der Waals surface area contributed by atoms with Crippen molar-refractivity contribution in [1.82, 2.24) is 19.6 Å². The number of carbonyl (C=O) groups is 1. The number of amides is 1. The van der Waals surface area contributed by atoms with E-state index < -0.39 is 0 Å². The van der Waals surface area contributed by atoms with Crippen molar-refractivity contribution in [3.63, 3.8) is 0 Å². The Morgan fingerprint density at radius 3 is 2.47 bits per heavy atom. The van der Waals surface area contributed by atoms with Crippen LogP contribution in [0.1, 0.15) is 18.2 Å². The van der Waals surface area contributed by atoms with E-state index in [0.717, 1.165) is 38.4 Å². The highest BCUT2D eigenvalue weighted by Crippen LogP contribution is 2.11. The van der Waals surface area contributed by atoms with E-state index in [1.807, 2.05) is 23.6 Å². The Labute approximate surface area is 102 Å². The van der Waals surface area contributed by atoms with Crippen LogP contribution in [0.5, 0.6) is 0 Å². The van der Waals surface area contributed by atoms with E-state index in [1.165, 1.54) is 5.56 Å².